The zero-order valence-electron chi connectivity index (χ0n) is 24.5. The van der Waals surface area contributed by atoms with E-state index in [9.17, 15) is 40.2 Å². The highest BCUT2D eigenvalue weighted by molar-refractivity contribution is 5.89. The van der Waals surface area contributed by atoms with Gasteiger partial charge in [-0.3, -0.25) is 9.59 Å². The number of ether oxygens (including phenoxy) is 2. The summed E-state index contributed by atoms with van der Waals surface area (Å²) in [6.45, 7) is 3.56. The summed E-state index contributed by atoms with van der Waals surface area (Å²) >= 11 is 0. The van der Waals surface area contributed by atoms with Crippen LogP contribution in [-0.4, -0.2) is 85.7 Å². The lowest BCUT2D eigenvalue weighted by molar-refractivity contribution is -0.319. The third kappa shape index (κ3) is 8.11. The van der Waals surface area contributed by atoms with Gasteiger partial charge < -0.3 is 45.4 Å². The Morgan fingerprint density at radius 1 is 0.884 bits per heavy atom. The number of carbonyl (C=O) groups is 2. The highest BCUT2D eigenvalue weighted by Gasteiger charge is 2.49. The first-order chi connectivity index (χ1) is 20.5. The van der Waals surface area contributed by atoms with Gasteiger partial charge in [0.15, 0.2) is 6.29 Å². The van der Waals surface area contributed by atoms with E-state index in [1.54, 1.807) is 36.4 Å². The molecule has 0 aromatic heterocycles. The topological polar surface area (TPSA) is 186 Å². The standard InChI is InChI=1S/C32H43NO10/c1-17(2)22-13-23(25(37)12-7-18-3-8-20(35)9-4-18)24(31(41)33-15-19-5-10-21(36)11-6-19)14-26(22)42-32-30(40)29(39)28(38)27(16-34)43-32/h3-6,8-11,17,22-24,26-30,32,34-36,38-40H,7,12-16H2,1-2H3,(H,33,41)/t22-,23?,24+,26?,27?,28-,29+,30?,32+/m1/s1. The molecule has 2 aromatic rings. The van der Waals surface area contributed by atoms with Crippen LogP contribution in [0.4, 0.5) is 0 Å². The molecule has 11 heteroatoms. The van der Waals surface area contributed by atoms with Gasteiger partial charge >= 0.3 is 0 Å². The third-order valence-electron chi connectivity index (χ3n) is 8.74. The maximum atomic E-state index is 13.7. The van der Waals surface area contributed by atoms with Crippen LogP contribution in [0.2, 0.25) is 0 Å². The molecule has 1 saturated carbocycles. The largest absolute Gasteiger partial charge is 0.508 e. The molecule has 1 aliphatic heterocycles. The molecule has 43 heavy (non-hydrogen) atoms. The molecule has 4 rings (SSSR count). The molecular weight excluding hydrogens is 558 g/mol. The van der Waals surface area contributed by atoms with Crippen molar-refractivity contribution in [3.63, 3.8) is 0 Å². The van der Waals surface area contributed by atoms with E-state index in [4.69, 9.17) is 9.47 Å². The summed E-state index contributed by atoms with van der Waals surface area (Å²) in [5.41, 5.74) is 1.66. The van der Waals surface area contributed by atoms with Gasteiger partial charge in [-0.15, -0.1) is 0 Å². The van der Waals surface area contributed by atoms with Crippen LogP contribution in [0.5, 0.6) is 11.5 Å². The van der Waals surface area contributed by atoms with Crippen molar-refractivity contribution >= 4 is 11.7 Å². The van der Waals surface area contributed by atoms with Gasteiger partial charge in [-0.1, -0.05) is 38.1 Å². The van der Waals surface area contributed by atoms with Crippen molar-refractivity contribution in [2.24, 2.45) is 23.7 Å². The molecule has 9 atom stereocenters. The van der Waals surface area contributed by atoms with Crippen molar-refractivity contribution in [2.45, 2.75) is 82.9 Å². The van der Waals surface area contributed by atoms with E-state index >= 15 is 0 Å². The number of aryl methyl sites for hydroxylation is 1. The molecule has 2 aliphatic rings. The zero-order chi connectivity index (χ0) is 31.3. The highest BCUT2D eigenvalue weighted by atomic mass is 16.7. The number of phenols is 2. The van der Waals surface area contributed by atoms with Gasteiger partial charge in [0.1, 0.15) is 41.7 Å². The van der Waals surface area contributed by atoms with Gasteiger partial charge in [0.2, 0.25) is 5.91 Å². The van der Waals surface area contributed by atoms with Crippen LogP contribution in [0.1, 0.15) is 44.2 Å². The summed E-state index contributed by atoms with van der Waals surface area (Å²) in [5.74, 6) is -1.67. The van der Waals surface area contributed by atoms with E-state index in [1.165, 1.54) is 12.1 Å². The number of Topliss-reactive ketones (excluding diaryl/α,β-unsaturated/α-hetero) is 1. The van der Waals surface area contributed by atoms with Gasteiger partial charge in [0, 0.05) is 18.9 Å². The van der Waals surface area contributed by atoms with Crippen molar-refractivity contribution in [3.8, 4) is 11.5 Å². The Morgan fingerprint density at radius 3 is 2.07 bits per heavy atom. The third-order valence-corrected chi connectivity index (χ3v) is 8.74. The van der Waals surface area contributed by atoms with Crippen LogP contribution in [0.25, 0.3) is 0 Å². The van der Waals surface area contributed by atoms with Crippen LogP contribution in [0, 0.1) is 23.7 Å². The molecular formula is C32H43NO10. The maximum Gasteiger partial charge on any atom is 0.224 e. The first-order valence-corrected chi connectivity index (χ1v) is 14.8. The number of benzene rings is 2. The molecule has 4 unspecified atom stereocenters. The summed E-state index contributed by atoms with van der Waals surface area (Å²) in [4.78, 5) is 27.3. The number of aliphatic hydroxyl groups is 4. The Labute approximate surface area is 251 Å². The summed E-state index contributed by atoms with van der Waals surface area (Å²) in [5, 5.41) is 62.7. The minimum atomic E-state index is -1.60. The number of aromatic hydroxyl groups is 2. The Balaban J connectivity index is 1.54. The van der Waals surface area contributed by atoms with Crippen molar-refractivity contribution in [1.29, 1.82) is 0 Å². The zero-order valence-corrected chi connectivity index (χ0v) is 24.5. The van der Waals surface area contributed by atoms with Crippen LogP contribution < -0.4 is 5.32 Å². The first kappa shape index (κ1) is 32.8. The van der Waals surface area contributed by atoms with Gasteiger partial charge in [0.25, 0.3) is 0 Å². The molecule has 2 aromatic carbocycles. The summed E-state index contributed by atoms with van der Waals surface area (Å²) in [7, 11) is 0. The second-order valence-corrected chi connectivity index (χ2v) is 12.0. The van der Waals surface area contributed by atoms with Crippen molar-refractivity contribution in [2.75, 3.05) is 6.61 Å². The van der Waals surface area contributed by atoms with E-state index in [1.807, 2.05) is 13.8 Å². The van der Waals surface area contributed by atoms with Gasteiger partial charge in [-0.05, 0) is 66.5 Å². The minimum Gasteiger partial charge on any atom is -0.508 e. The average Bonchev–Trinajstić information content (AvgIpc) is 3.00. The van der Waals surface area contributed by atoms with Crippen LogP contribution in [0.3, 0.4) is 0 Å². The van der Waals surface area contributed by atoms with Crippen LogP contribution >= 0.6 is 0 Å². The SMILES string of the molecule is CC(C)[C@H]1CC(C(=O)CCc2ccc(O)cc2)[C@@H](C(=O)NCc2ccc(O)cc2)CC1O[C@H]1OC(CO)[C@@H](O)[C@H](O)C1O. The smallest absolute Gasteiger partial charge is 0.224 e. The molecule has 0 radical (unpaired) electrons. The van der Waals surface area contributed by atoms with E-state index in [0.29, 0.717) is 12.8 Å². The molecule has 1 heterocycles. The Kier molecular flexibility index (Phi) is 11.2. The fourth-order valence-electron chi connectivity index (χ4n) is 6.10. The number of nitrogens with one attached hydrogen (secondary N) is 1. The lowest BCUT2D eigenvalue weighted by Crippen LogP contribution is -2.60. The summed E-state index contributed by atoms with van der Waals surface area (Å²) < 4.78 is 11.8. The maximum absolute atomic E-state index is 13.7. The van der Waals surface area contributed by atoms with Crippen LogP contribution in [0.15, 0.2) is 48.5 Å². The number of carbonyl (C=O) groups excluding carboxylic acids is 2. The number of amides is 1. The van der Waals surface area contributed by atoms with E-state index < -0.39 is 55.3 Å². The average molecular weight is 602 g/mol. The first-order valence-electron chi connectivity index (χ1n) is 14.8. The molecule has 1 amide bonds. The number of aliphatic hydroxyl groups excluding tert-OH is 4. The van der Waals surface area contributed by atoms with Crippen molar-refractivity contribution in [1.82, 2.24) is 5.32 Å². The van der Waals surface area contributed by atoms with E-state index in [-0.39, 0.29) is 54.4 Å². The van der Waals surface area contributed by atoms with E-state index in [0.717, 1.165) is 11.1 Å². The fourth-order valence-corrected chi connectivity index (χ4v) is 6.10. The molecule has 1 aliphatic carbocycles. The Hall–Kier alpha value is -3.06. The van der Waals surface area contributed by atoms with E-state index in [2.05, 4.69) is 5.32 Å². The highest BCUT2D eigenvalue weighted by Crippen LogP contribution is 2.42. The monoisotopic (exact) mass is 601 g/mol. The summed E-state index contributed by atoms with van der Waals surface area (Å²) in [6, 6.07) is 13.1. The molecule has 7 N–H and O–H groups in total. The minimum absolute atomic E-state index is 0.0308. The predicted molar refractivity (Wildman–Crippen MR) is 155 cm³/mol. The van der Waals surface area contributed by atoms with Crippen molar-refractivity contribution < 1.29 is 49.7 Å². The molecule has 2 fully saturated rings. The number of phenolic OH excluding ortho intramolecular Hbond substituents is 2. The molecule has 11 nitrogen and oxygen atoms in total. The number of rotatable bonds is 11. The predicted octanol–water partition coefficient (Wildman–Crippen LogP) is 1.40. The molecule has 236 valence electrons. The molecule has 0 bridgehead atoms. The van der Waals surface area contributed by atoms with Gasteiger partial charge in [0.05, 0.1) is 18.6 Å². The Morgan fingerprint density at radius 2 is 1.49 bits per heavy atom. The molecule has 0 spiro atoms. The normalized spacial score (nSPS) is 31.1. The van der Waals surface area contributed by atoms with Gasteiger partial charge in [-0.25, -0.2) is 0 Å². The van der Waals surface area contributed by atoms with Gasteiger partial charge in [-0.2, -0.15) is 0 Å². The second kappa shape index (κ2) is 14.6. The second-order valence-electron chi connectivity index (χ2n) is 12.0. The van der Waals surface area contributed by atoms with Crippen LogP contribution in [-0.2, 0) is 32.0 Å². The fraction of sp³-hybridized carbons (Fsp3) is 0.562. The lowest BCUT2D eigenvalue weighted by Gasteiger charge is -2.46. The lowest BCUT2D eigenvalue weighted by atomic mass is 9.66. The summed E-state index contributed by atoms with van der Waals surface area (Å²) in [6.07, 6.45) is -6.68. The number of ketones is 1. The molecule has 1 saturated heterocycles. The Bertz CT molecular complexity index is 1200. The number of hydrogen-bond acceptors (Lipinski definition) is 10. The number of hydrogen-bond donors (Lipinski definition) is 7. The quantitative estimate of drug-likeness (QED) is 0.199. The van der Waals surface area contributed by atoms with Crippen molar-refractivity contribution in [3.05, 3.63) is 59.7 Å².